The molecule has 0 fully saturated rings. The Labute approximate surface area is 122 Å². The van der Waals surface area contributed by atoms with E-state index in [-0.39, 0.29) is 0 Å². The highest BCUT2D eigenvalue weighted by atomic mass is 15.0. The summed E-state index contributed by atoms with van der Waals surface area (Å²) in [7, 11) is 0. The Morgan fingerprint density at radius 1 is 1.15 bits per heavy atom. The Morgan fingerprint density at radius 2 is 2.00 bits per heavy atom. The minimum Gasteiger partial charge on any atom is -0.341 e. The summed E-state index contributed by atoms with van der Waals surface area (Å²) in [6, 6.07) is 10.8. The number of allylic oxidation sites excluding steroid dienone is 1. The first kappa shape index (κ1) is 14.5. The van der Waals surface area contributed by atoms with E-state index in [1.807, 2.05) is 6.08 Å². The average molecular weight is 265 g/mol. The van der Waals surface area contributed by atoms with Gasteiger partial charge in [-0.3, -0.25) is 0 Å². The lowest BCUT2D eigenvalue weighted by Crippen LogP contribution is -1.99. The van der Waals surface area contributed by atoms with Crippen molar-refractivity contribution in [2.24, 2.45) is 0 Å². The van der Waals surface area contributed by atoms with E-state index in [2.05, 4.69) is 66.7 Å². The lowest BCUT2D eigenvalue weighted by atomic mass is 10.2. The molecule has 1 nitrogen and oxygen atoms in total. The van der Waals surface area contributed by atoms with Gasteiger partial charge < -0.3 is 4.57 Å². The van der Waals surface area contributed by atoms with E-state index >= 15 is 0 Å². The van der Waals surface area contributed by atoms with Gasteiger partial charge in [-0.05, 0) is 37.1 Å². The molecule has 2 rings (SSSR count). The summed E-state index contributed by atoms with van der Waals surface area (Å²) in [5.41, 5.74) is 2.58. The van der Waals surface area contributed by atoms with Gasteiger partial charge in [0.1, 0.15) is 0 Å². The van der Waals surface area contributed by atoms with Crippen LogP contribution in [0.2, 0.25) is 0 Å². The summed E-state index contributed by atoms with van der Waals surface area (Å²) >= 11 is 0. The lowest BCUT2D eigenvalue weighted by molar-refractivity contribution is 0.646. The molecule has 0 radical (unpaired) electrons. The Balaban J connectivity index is 2.29. The molecule has 20 heavy (non-hydrogen) atoms. The van der Waals surface area contributed by atoms with Crippen LogP contribution in [0.1, 0.15) is 45.2 Å². The zero-order chi connectivity index (χ0) is 14.2. The molecule has 0 aliphatic heterocycles. The molecule has 0 bridgehead atoms. The highest BCUT2D eigenvalue weighted by Crippen LogP contribution is 2.21. The molecule has 0 saturated heterocycles. The van der Waals surface area contributed by atoms with Crippen molar-refractivity contribution < 1.29 is 0 Å². The van der Waals surface area contributed by atoms with Gasteiger partial charge in [0.2, 0.25) is 0 Å². The molecular formula is C19H23N. The molecule has 1 aromatic carbocycles. The van der Waals surface area contributed by atoms with Crippen LogP contribution in [0.4, 0.5) is 0 Å². The molecule has 2 aromatic rings. The van der Waals surface area contributed by atoms with Crippen LogP contribution < -0.4 is 0 Å². The number of para-hydroxylation sites is 1. The fourth-order valence-corrected chi connectivity index (χ4v) is 2.32. The van der Waals surface area contributed by atoms with E-state index in [0.29, 0.717) is 0 Å². The summed E-state index contributed by atoms with van der Waals surface area (Å²) in [6.07, 6.45) is 8.64. The minimum absolute atomic E-state index is 0.975. The monoisotopic (exact) mass is 265 g/mol. The minimum atomic E-state index is 0.975. The summed E-state index contributed by atoms with van der Waals surface area (Å²) in [5.74, 6) is 6.27. The molecule has 0 amide bonds. The quantitative estimate of drug-likeness (QED) is 0.650. The number of aryl methyl sites for hydroxylation is 1. The second kappa shape index (κ2) is 7.60. The third-order valence-electron chi connectivity index (χ3n) is 3.39. The standard InChI is InChI=1S/C19H23N/c1-3-5-7-8-9-13-18-16-17-12-10-11-14-19(17)20(18)15-6-4-2/h9-14,16H,3-6,15H2,1-2H3/b13-9-. The van der Waals surface area contributed by atoms with E-state index in [9.17, 15) is 0 Å². The molecule has 0 saturated carbocycles. The van der Waals surface area contributed by atoms with Gasteiger partial charge >= 0.3 is 0 Å². The van der Waals surface area contributed by atoms with Crippen LogP contribution in [0.3, 0.4) is 0 Å². The maximum Gasteiger partial charge on any atom is 0.0485 e. The van der Waals surface area contributed by atoms with Gasteiger partial charge in [-0.15, -0.1) is 0 Å². The van der Waals surface area contributed by atoms with Crippen molar-refractivity contribution in [3.05, 3.63) is 42.1 Å². The van der Waals surface area contributed by atoms with Crippen LogP contribution in [0.25, 0.3) is 17.0 Å². The first-order valence-electron chi connectivity index (χ1n) is 7.60. The number of hydrogen-bond donors (Lipinski definition) is 0. The van der Waals surface area contributed by atoms with Crippen molar-refractivity contribution in [1.29, 1.82) is 0 Å². The third kappa shape index (κ3) is 3.54. The van der Waals surface area contributed by atoms with E-state index in [1.165, 1.54) is 29.4 Å². The number of nitrogens with zero attached hydrogens (tertiary/aromatic N) is 1. The molecule has 0 unspecified atom stereocenters. The van der Waals surface area contributed by atoms with Crippen molar-refractivity contribution in [2.45, 2.75) is 46.1 Å². The van der Waals surface area contributed by atoms with Crippen LogP contribution in [-0.2, 0) is 6.54 Å². The fourth-order valence-electron chi connectivity index (χ4n) is 2.32. The van der Waals surface area contributed by atoms with E-state index in [0.717, 1.165) is 19.4 Å². The average Bonchev–Trinajstić information content (AvgIpc) is 2.82. The number of fused-ring (bicyclic) bond motifs is 1. The molecule has 104 valence electrons. The molecule has 0 aliphatic carbocycles. The maximum absolute atomic E-state index is 3.16. The molecule has 0 N–H and O–H groups in total. The number of rotatable bonds is 5. The van der Waals surface area contributed by atoms with Crippen LogP contribution >= 0.6 is 0 Å². The first-order valence-corrected chi connectivity index (χ1v) is 7.60. The number of unbranched alkanes of at least 4 members (excludes halogenated alkanes) is 2. The lowest BCUT2D eigenvalue weighted by Gasteiger charge is -2.07. The molecule has 0 atom stereocenters. The van der Waals surface area contributed by atoms with Crippen LogP contribution in [0.15, 0.2) is 36.4 Å². The van der Waals surface area contributed by atoms with E-state index in [4.69, 9.17) is 0 Å². The third-order valence-corrected chi connectivity index (χ3v) is 3.39. The van der Waals surface area contributed by atoms with Crippen molar-refractivity contribution >= 4 is 17.0 Å². The Kier molecular flexibility index (Phi) is 5.50. The zero-order valence-corrected chi connectivity index (χ0v) is 12.5. The summed E-state index contributed by atoms with van der Waals surface area (Å²) < 4.78 is 2.40. The zero-order valence-electron chi connectivity index (χ0n) is 12.5. The van der Waals surface area contributed by atoms with Gasteiger partial charge in [0.15, 0.2) is 0 Å². The van der Waals surface area contributed by atoms with Gasteiger partial charge in [0, 0.05) is 29.6 Å². The van der Waals surface area contributed by atoms with Crippen LogP contribution in [0.5, 0.6) is 0 Å². The van der Waals surface area contributed by atoms with Crippen molar-refractivity contribution in [3.63, 3.8) is 0 Å². The Bertz CT molecular complexity index is 635. The predicted octanol–water partition coefficient (Wildman–Crippen LogP) is 5.26. The van der Waals surface area contributed by atoms with E-state index in [1.54, 1.807) is 0 Å². The van der Waals surface area contributed by atoms with Gasteiger partial charge in [0.25, 0.3) is 0 Å². The predicted molar refractivity (Wildman–Crippen MR) is 88.6 cm³/mol. The molecule has 1 aromatic heterocycles. The summed E-state index contributed by atoms with van der Waals surface area (Å²) in [6.45, 7) is 5.46. The second-order valence-electron chi connectivity index (χ2n) is 5.04. The van der Waals surface area contributed by atoms with Crippen molar-refractivity contribution in [3.8, 4) is 11.8 Å². The molecule has 0 aliphatic rings. The number of benzene rings is 1. The second-order valence-corrected chi connectivity index (χ2v) is 5.04. The summed E-state index contributed by atoms with van der Waals surface area (Å²) in [4.78, 5) is 0. The normalized spacial score (nSPS) is 10.9. The molecular weight excluding hydrogens is 242 g/mol. The van der Waals surface area contributed by atoms with Crippen molar-refractivity contribution in [1.82, 2.24) is 4.57 Å². The van der Waals surface area contributed by atoms with Gasteiger partial charge in [-0.25, -0.2) is 0 Å². The summed E-state index contributed by atoms with van der Waals surface area (Å²) in [5, 5.41) is 1.31. The van der Waals surface area contributed by atoms with Gasteiger partial charge in [-0.2, -0.15) is 0 Å². The first-order chi connectivity index (χ1) is 9.86. The molecule has 0 spiro atoms. The highest BCUT2D eigenvalue weighted by molar-refractivity contribution is 5.83. The van der Waals surface area contributed by atoms with Crippen LogP contribution in [0, 0.1) is 11.8 Å². The Hall–Kier alpha value is -1.94. The van der Waals surface area contributed by atoms with Gasteiger partial charge in [0.05, 0.1) is 0 Å². The highest BCUT2D eigenvalue weighted by Gasteiger charge is 2.05. The smallest absolute Gasteiger partial charge is 0.0485 e. The van der Waals surface area contributed by atoms with Gasteiger partial charge in [-0.1, -0.05) is 50.3 Å². The largest absolute Gasteiger partial charge is 0.341 e. The number of hydrogen-bond acceptors (Lipinski definition) is 0. The Morgan fingerprint density at radius 3 is 2.80 bits per heavy atom. The fraction of sp³-hybridized carbons (Fsp3) is 0.368. The molecule has 1 heterocycles. The van der Waals surface area contributed by atoms with Crippen molar-refractivity contribution in [2.75, 3.05) is 0 Å². The topological polar surface area (TPSA) is 4.93 Å². The molecule has 1 heteroatoms. The van der Waals surface area contributed by atoms with E-state index < -0.39 is 0 Å². The number of aromatic nitrogens is 1. The SMILES string of the molecule is CCCC#C/C=C\c1cc2ccccc2n1CCCC. The van der Waals surface area contributed by atoms with Crippen LogP contribution in [-0.4, -0.2) is 4.57 Å². The maximum atomic E-state index is 3.16.